The van der Waals surface area contributed by atoms with Crippen molar-refractivity contribution in [2.45, 2.75) is 6.92 Å². The molecule has 0 aliphatic carbocycles. The fourth-order valence-electron chi connectivity index (χ4n) is 4.03. The van der Waals surface area contributed by atoms with Crippen LogP contribution in [0.1, 0.15) is 6.92 Å². The Kier molecular flexibility index (Phi) is 2.43. The maximum atomic E-state index is 6.24. The summed E-state index contributed by atoms with van der Waals surface area (Å²) in [5.41, 5.74) is 4.94. The molecule has 0 fully saturated rings. The first kappa shape index (κ1) is 13.8. The predicted octanol–water partition coefficient (Wildman–Crippen LogP) is 5.44. The second-order valence-corrected chi connectivity index (χ2v) is 6.56. The van der Waals surface area contributed by atoms with Crippen LogP contribution in [0, 0.1) is 0 Å². The van der Waals surface area contributed by atoms with E-state index < -0.39 is 0 Å². The molecule has 3 heteroatoms. The molecule has 0 amide bonds. The summed E-state index contributed by atoms with van der Waals surface area (Å²) in [6.07, 6.45) is 1.94. The summed E-state index contributed by atoms with van der Waals surface area (Å²) in [5.74, 6) is 0. The Morgan fingerprint density at radius 2 is 1.42 bits per heavy atom. The van der Waals surface area contributed by atoms with Gasteiger partial charge in [0.1, 0.15) is 33.3 Å². The van der Waals surface area contributed by atoms with Gasteiger partial charge in [0.15, 0.2) is 0 Å². The van der Waals surface area contributed by atoms with Crippen LogP contribution in [0.15, 0.2) is 61.8 Å². The van der Waals surface area contributed by atoms with Crippen LogP contribution in [-0.4, -0.2) is 0 Å². The monoisotopic (exact) mass is 338 g/mol. The smallest absolute Gasteiger partial charge is 0.147 e. The first-order chi connectivity index (χ1) is 12.8. The number of rotatable bonds is 0. The summed E-state index contributed by atoms with van der Waals surface area (Å²) < 4.78 is 18.3. The van der Waals surface area contributed by atoms with Gasteiger partial charge in [-0.25, -0.2) is 0 Å². The Balaban J connectivity index is 1.99. The van der Waals surface area contributed by atoms with E-state index in [-0.39, 0.29) is 0 Å². The topological polar surface area (TPSA) is 39.4 Å². The molecule has 0 spiro atoms. The van der Waals surface area contributed by atoms with Crippen molar-refractivity contribution in [1.29, 1.82) is 0 Å². The first-order valence-corrected chi connectivity index (χ1v) is 8.59. The van der Waals surface area contributed by atoms with Crippen molar-refractivity contribution < 1.29 is 13.3 Å². The zero-order valence-corrected chi connectivity index (χ0v) is 14.1. The van der Waals surface area contributed by atoms with Gasteiger partial charge < -0.3 is 13.3 Å². The standard InChI is InChI=1S/C23H14O3/c1-3-15-12(2)20-17(24-15)10-11-18-21(20)22-19(25-18)9-8-14-13-6-4-5-7-16(13)26-23(14)22/h3-11H,2H2,1H3/b15-3+. The average Bonchev–Trinajstić information content (AvgIpc) is 3.31. The van der Waals surface area contributed by atoms with Gasteiger partial charge in [0.25, 0.3) is 0 Å². The Bertz CT molecular complexity index is 1610. The molecule has 6 rings (SSSR count). The second kappa shape index (κ2) is 4.58. The van der Waals surface area contributed by atoms with Crippen molar-refractivity contribution in [2.75, 3.05) is 0 Å². The maximum Gasteiger partial charge on any atom is 0.147 e. The van der Waals surface area contributed by atoms with Gasteiger partial charge in [-0.15, -0.1) is 0 Å². The van der Waals surface area contributed by atoms with Crippen LogP contribution in [0.3, 0.4) is 0 Å². The number of fused-ring (bicyclic) bond motifs is 9. The van der Waals surface area contributed by atoms with Gasteiger partial charge in [-0.2, -0.15) is 0 Å². The lowest BCUT2D eigenvalue weighted by Crippen LogP contribution is -2.17. The largest absolute Gasteiger partial charge is 0.456 e. The Hall–Kier alpha value is -3.46. The van der Waals surface area contributed by atoms with Gasteiger partial charge in [0.05, 0.1) is 5.39 Å². The first-order valence-electron chi connectivity index (χ1n) is 8.59. The molecule has 3 aromatic heterocycles. The van der Waals surface area contributed by atoms with Crippen molar-refractivity contribution in [3.8, 4) is 0 Å². The molecule has 3 nitrogen and oxygen atoms in total. The van der Waals surface area contributed by atoms with E-state index in [1.54, 1.807) is 0 Å². The van der Waals surface area contributed by atoms with Crippen molar-refractivity contribution in [3.63, 3.8) is 0 Å². The van der Waals surface area contributed by atoms with E-state index in [0.717, 1.165) is 65.5 Å². The van der Waals surface area contributed by atoms with Gasteiger partial charge in [-0.05, 0) is 43.3 Å². The minimum atomic E-state index is 0.790. The van der Waals surface area contributed by atoms with Gasteiger partial charge in [0.2, 0.25) is 0 Å². The summed E-state index contributed by atoms with van der Waals surface area (Å²) in [6.45, 7) is 6.19. The summed E-state index contributed by atoms with van der Waals surface area (Å²) in [6, 6.07) is 16.1. The van der Waals surface area contributed by atoms with Crippen molar-refractivity contribution >= 4 is 67.5 Å². The van der Waals surface area contributed by atoms with Crippen molar-refractivity contribution in [2.24, 2.45) is 0 Å². The summed E-state index contributed by atoms with van der Waals surface area (Å²) in [4.78, 5) is 0. The highest BCUT2D eigenvalue weighted by atomic mass is 16.3. The zero-order valence-electron chi connectivity index (χ0n) is 14.1. The lowest BCUT2D eigenvalue weighted by Gasteiger charge is -1.94. The van der Waals surface area contributed by atoms with Crippen LogP contribution in [0.2, 0.25) is 0 Å². The number of hydrogen-bond donors (Lipinski definition) is 0. The lowest BCUT2D eigenvalue weighted by atomic mass is 10.0. The zero-order chi connectivity index (χ0) is 17.4. The third kappa shape index (κ3) is 1.53. The Morgan fingerprint density at radius 1 is 0.692 bits per heavy atom. The molecule has 0 unspecified atom stereocenters. The number of furan rings is 3. The van der Waals surface area contributed by atoms with E-state index in [2.05, 4.69) is 18.7 Å². The normalized spacial score (nSPS) is 13.2. The fourth-order valence-corrected chi connectivity index (χ4v) is 4.03. The molecular formula is C23H14O3. The average molecular weight is 338 g/mol. The lowest BCUT2D eigenvalue weighted by molar-refractivity contribution is 0.575. The molecule has 0 radical (unpaired) electrons. The van der Waals surface area contributed by atoms with Crippen LogP contribution >= 0.6 is 0 Å². The Morgan fingerprint density at radius 3 is 2.27 bits per heavy atom. The SMILES string of the molecule is C=c1/c(=C\C)oc2ccc3oc4ccc5c6ccccc6oc5c4c3c12. The highest BCUT2D eigenvalue weighted by Gasteiger charge is 2.19. The maximum absolute atomic E-state index is 6.24. The molecule has 0 saturated heterocycles. The van der Waals surface area contributed by atoms with Crippen molar-refractivity contribution in [3.05, 3.63) is 59.2 Å². The molecule has 0 atom stereocenters. The highest BCUT2D eigenvalue weighted by Crippen LogP contribution is 2.40. The van der Waals surface area contributed by atoms with E-state index in [1.165, 1.54) is 0 Å². The van der Waals surface area contributed by atoms with Crippen LogP contribution in [-0.2, 0) is 0 Å². The number of benzene rings is 3. The van der Waals surface area contributed by atoms with E-state index in [4.69, 9.17) is 13.3 Å². The number of para-hydroxylation sites is 1. The van der Waals surface area contributed by atoms with E-state index in [1.807, 2.05) is 49.4 Å². The molecule has 0 bridgehead atoms. The van der Waals surface area contributed by atoms with Gasteiger partial charge in [-0.3, -0.25) is 0 Å². The third-order valence-corrected chi connectivity index (χ3v) is 5.19. The fraction of sp³-hybridized carbons (Fsp3) is 0.0435. The van der Waals surface area contributed by atoms with Gasteiger partial charge in [-0.1, -0.05) is 24.8 Å². The third-order valence-electron chi connectivity index (χ3n) is 5.19. The molecule has 3 heterocycles. The quantitative estimate of drug-likeness (QED) is 0.370. The second-order valence-electron chi connectivity index (χ2n) is 6.56. The minimum absolute atomic E-state index is 0.790. The molecule has 26 heavy (non-hydrogen) atoms. The van der Waals surface area contributed by atoms with Crippen LogP contribution in [0.25, 0.3) is 67.5 Å². The highest BCUT2D eigenvalue weighted by molar-refractivity contribution is 6.27. The molecule has 6 aromatic rings. The van der Waals surface area contributed by atoms with E-state index >= 15 is 0 Å². The summed E-state index contributed by atoms with van der Waals surface area (Å²) >= 11 is 0. The number of hydrogen-bond acceptors (Lipinski definition) is 3. The summed E-state index contributed by atoms with van der Waals surface area (Å²) in [5, 5.41) is 6.04. The van der Waals surface area contributed by atoms with Crippen LogP contribution < -0.4 is 10.6 Å². The molecule has 3 aromatic carbocycles. The predicted molar refractivity (Wildman–Crippen MR) is 106 cm³/mol. The Labute approximate surface area is 147 Å². The van der Waals surface area contributed by atoms with Gasteiger partial charge >= 0.3 is 0 Å². The van der Waals surface area contributed by atoms with Crippen LogP contribution in [0.5, 0.6) is 0 Å². The molecule has 0 aliphatic rings. The molecule has 0 N–H and O–H groups in total. The van der Waals surface area contributed by atoms with E-state index in [0.29, 0.717) is 0 Å². The molecule has 124 valence electrons. The molecule has 0 aliphatic heterocycles. The van der Waals surface area contributed by atoms with Gasteiger partial charge in [0, 0.05) is 26.8 Å². The minimum Gasteiger partial charge on any atom is -0.456 e. The molecular weight excluding hydrogens is 324 g/mol. The van der Waals surface area contributed by atoms with E-state index in [9.17, 15) is 0 Å². The van der Waals surface area contributed by atoms with Crippen molar-refractivity contribution in [1.82, 2.24) is 0 Å². The molecule has 0 saturated carbocycles. The van der Waals surface area contributed by atoms with Crippen LogP contribution in [0.4, 0.5) is 0 Å². The summed E-state index contributed by atoms with van der Waals surface area (Å²) in [7, 11) is 0.